The first-order chi connectivity index (χ1) is 13.4. The average Bonchev–Trinajstić information content (AvgIpc) is 3.01. The number of nitrogens with zero attached hydrogens (tertiary/aromatic N) is 3. The van der Waals surface area contributed by atoms with E-state index >= 15 is 0 Å². The third kappa shape index (κ3) is 4.03. The summed E-state index contributed by atoms with van der Waals surface area (Å²) < 4.78 is 2.72. The summed E-state index contributed by atoms with van der Waals surface area (Å²) >= 11 is 7.57. The molecule has 0 radical (unpaired) electrons. The number of aryl methyl sites for hydroxylation is 1. The van der Waals surface area contributed by atoms with Crippen molar-refractivity contribution in [1.29, 1.82) is 0 Å². The van der Waals surface area contributed by atoms with Gasteiger partial charge in [-0.1, -0.05) is 28.9 Å². The predicted octanol–water partition coefficient (Wildman–Crippen LogP) is 4.35. The number of fused-ring (bicyclic) bond motifs is 1. The van der Waals surface area contributed by atoms with Crippen LogP contribution in [0.5, 0.6) is 0 Å². The lowest BCUT2D eigenvalue weighted by atomic mass is 10.2. The van der Waals surface area contributed by atoms with Crippen molar-refractivity contribution in [2.45, 2.75) is 13.5 Å². The number of carbonyl (C=O) groups excluding carboxylic acids is 1. The summed E-state index contributed by atoms with van der Waals surface area (Å²) in [6.45, 7) is 2.16. The molecule has 140 valence electrons. The van der Waals surface area contributed by atoms with Gasteiger partial charge in [0.1, 0.15) is 0 Å². The maximum absolute atomic E-state index is 12.3. The van der Waals surface area contributed by atoms with Gasteiger partial charge in [0.25, 0.3) is 11.6 Å². The number of carbonyl (C=O) groups is 1. The van der Waals surface area contributed by atoms with Crippen molar-refractivity contribution in [3.8, 4) is 12.3 Å². The van der Waals surface area contributed by atoms with Gasteiger partial charge in [-0.2, -0.15) is 4.99 Å². The van der Waals surface area contributed by atoms with Crippen LogP contribution in [-0.2, 0) is 11.3 Å². The molecule has 0 N–H and O–H groups in total. The molecule has 3 rings (SSSR count). The van der Waals surface area contributed by atoms with Crippen molar-refractivity contribution in [2.75, 3.05) is 0 Å². The fraction of sp³-hybridized carbons (Fsp3) is 0.100. The number of nitro benzene ring substituents is 1. The number of aromatic nitrogens is 1. The van der Waals surface area contributed by atoms with E-state index in [1.165, 1.54) is 29.5 Å². The molecule has 0 spiro atoms. The first-order valence-corrected chi connectivity index (χ1v) is 9.33. The highest BCUT2D eigenvalue weighted by atomic mass is 35.5. The van der Waals surface area contributed by atoms with Crippen molar-refractivity contribution >= 4 is 50.8 Å². The molecule has 2 aromatic carbocycles. The lowest BCUT2D eigenvalue weighted by Gasteiger charge is -2.04. The quantitative estimate of drug-likeness (QED) is 0.277. The van der Waals surface area contributed by atoms with Gasteiger partial charge in [0, 0.05) is 23.2 Å². The van der Waals surface area contributed by atoms with E-state index in [0.29, 0.717) is 15.4 Å². The molecule has 0 saturated heterocycles. The van der Waals surface area contributed by atoms with E-state index in [4.69, 9.17) is 18.0 Å². The molecule has 28 heavy (non-hydrogen) atoms. The predicted molar refractivity (Wildman–Crippen MR) is 111 cm³/mol. The molecule has 0 bridgehead atoms. The topological polar surface area (TPSA) is 77.5 Å². The first kappa shape index (κ1) is 19.5. The van der Waals surface area contributed by atoms with Crippen LogP contribution in [0, 0.1) is 29.4 Å². The van der Waals surface area contributed by atoms with Crippen LogP contribution in [0.3, 0.4) is 0 Å². The second kappa shape index (κ2) is 8.21. The number of hydrogen-bond acceptors (Lipinski definition) is 4. The number of terminal acetylenes is 1. The van der Waals surface area contributed by atoms with Gasteiger partial charge in [-0.3, -0.25) is 14.9 Å². The van der Waals surface area contributed by atoms with E-state index < -0.39 is 10.8 Å². The summed E-state index contributed by atoms with van der Waals surface area (Å²) in [4.78, 5) is 27.1. The number of hydrogen-bond donors (Lipinski definition) is 0. The van der Waals surface area contributed by atoms with E-state index in [1.807, 2.05) is 13.0 Å². The zero-order valence-electron chi connectivity index (χ0n) is 14.8. The molecule has 1 amide bonds. The number of thiazole rings is 1. The van der Waals surface area contributed by atoms with Gasteiger partial charge in [-0.15, -0.1) is 6.42 Å². The standard InChI is InChI=1S/C20H14ClN3O3S/c1-3-12-23-19-13(2)16(21)9-10-17(19)28-20(23)22-18(25)11-6-14-4-7-15(8-5-14)24(26)27/h1,4-11H,12H2,2H3/b11-6-,22-20?. The number of amides is 1. The van der Waals surface area contributed by atoms with Crippen molar-refractivity contribution in [3.05, 3.63) is 73.5 Å². The SMILES string of the molecule is C#CCn1c(=NC(=O)/C=C\c2ccc([N+](=O)[O-])cc2)sc2ccc(Cl)c(C)c21. The molecule has 0 fully saturated rings. The minimum atomic E-state index is -0.478. The van der Waals surface area contributed by atoms with Crippen LogP contribution < -0.4 is 4.80 Å². The maximum Gasteiger partial charge on any atom is 0.272 e. The monoisotopic (exact) mass is 411 g/mol. The number of non-ortho nitro benzene ring substituents is 1. The fourth-order valence-electron chi connectivity index (χ4n) is 2.64. The molecule has 0 aliphatic carbocycles. The smallest absolute Gasteiger partial charge is 0.272 e. The Morgan fingerprint density at radius 3 is 2.71 bits per heavy atom. The highest BCUT2D eigenvalue weighted by Gasteiger charge is 2.11. The van der Waals surface area contributed by atoms with E-state index in [9.17, 15) is 14.9 Å². The van der Waals surface area contributed by atoms with Crippen LogP contribution in [0.4, 0.5) is 5.69 Å². The van der Waals surface area contributed by atoms with Gasteiger partial charge in [0.15, 0.2) is 4.80 Å². The summed E-state index contributed by atoms with van der Waals surface area (Å²) in [5.41, 5.74) is 2.38. The minimum absolute atomic E-state index is 0.0113. The van der Waals surface area contributed by atoms with Gasteiger partial charge in [-0.25, -0.2) is 0 Å². The van der Waals surface area contributed by atoms with E-state index in [2.05, 4.69) is 10.9 Å². The number of halogens is 1. The molecule has 0 aliphatic rings. The second-order valence-electron chi connectivity index (χ2n) is 5.83. The first-order valence-electron chi connectivity index (χ1n) is 8.14. The fourth-order valence-corrected chi connectivity index (χ4v) is 3.89. The van der Waals surface area contributed by atoms with Crippen molar-refractivity contribution < 1.29 is 9.72 Å². The van der Waals surface area contributed by atoms with Crippen LogP contribution in [0.2, 0.25) is 5.02 Å². The second-order valence-corrected chi connectivity index (χ2v) is 7.24. The summed E-state index contributed by atoms with van der Waals surface area (Å²) in [6, 6.07) is 9.55. The van der Waals surface area contributed by atoms with Crippen LogP contribution in [0.1, 0.15) is 11.1 Å². The van der Waals surface area contributed by atoms with Crippen LogP contribution >= 0.6 is 22.9 Å². The molecule has 8 heteroatoms. The molecule has 0 unspecified atom stereocenters. The van der Waals surface area contributed by atoms with E-state index in [-0.39, 0.29) is 12.2 Å². The Hall–Kier alpha value is -3.21. The summed E-state index contributed by atoms with van der Waals surface area (Å²) in [7, 11) is 0. The molecule has 6 nitrogen and oxygen atoms in total. The highest BCUT2D eigenvalue weighted by molar-refractivity contribution is 7.16. The van der Waals surface area contributed by atoms with Gasteiger partial charge < -0.3 is 4.57 Å². The molecule has 0 atom stereocenters. The Balaban J connectivity index is 1.96. The zero-order chi connectivity index (χ0) is 20.3. The molecular weight excluding hydrogens is 398 g/mol. The van der Waals surface area contributed by atoms with Crippen LogP contribution in [-0.4, -0.2) is 15.4 Å². The Kier molecular flexibility index (Phi) is 5.73. The van der Waals surface area contributed by atoms with Crippen LogP contribution in [0.25, 0.3) is 16.3 Å². The Labute approximate surface area is 169 Å². The normalized spacial score (nSPS) is 11.8. The number of nitro groups is 1. The molecule has 3 aromatic rings. The Morgan fingerprint density at radius 2 is 2.07 bits per heavy atom. The zero-order valence-corrected chi connectivity index (χ0v) is 16.3. The van der Waals surface area contributed by atoms with Gasteiger partial charge in [0.05, 0.1) is 21.7 Å². The van der Waals surface area contributed by atoms with Crippen molar-refractivity contribution in [1.82, 2.24) is 4.57 Å². The van der Waals surface area contributed by atoms with Crippen molar-refractivity contribution in [3.63, 3.8) is 0 Å². The van der Waals surface area contributed by atoms with E-state index in [1.54, 1.807) is 28.8 Å². The average molecular weight is 412 g/mol. The number of benzene rings is 2. The van der Waals surface area contributed by atoms with Gasteiger partial charge >= 0.3 is 0 Å². The van der Waals surface area contributed by atoms with Gasteiger partial charge in [-0.05, 0) is 48.4 Å². The lowest BCUT2D eigenvalue weighted by molar-refractivity contribution is -0.384. The Bertz CT molecular complexity index is 1210. The molecule has 1 heterocycles. The van der Waals surface area contributed by atoms with Gasteiger partial charge in [0.2, 0.25) is 0 Å². The molecule has 0 aliphatic heterocycles. The van der Waals surface area contributed by atoms with Crippen LogP contribution in [0.15, 0.2) is 47.5 Å². The molecule has 0 saturated carbocycles. The summed E-state index contributed by atoms with van der Waals surface area (Å²) in [5, 5.41) is 11.3. The Morgan fingerprint density at radius 1 is 1.36 bits per heavy atom. The van der Waals surface area contributed by atoms with E-state index in [0.717, 1.165) is 15.8 Å². The largest absolute Gasteiger partial charge is 0.304 e. The highest BCUT2D eigenvalue weighted by Crippen LogP contribution is 2.27. The molecular formula is C20H14ClN3O3S. The summed E-state index contributed by atoms with van der Waals surface area (Å²) in [5.74, 6) is 2.12. The van der Waals surface area contributed by atoms with Crippen molar-refractivity contribution in [2.24, 2.45) is 4.99 Å². The summed E-state index contributed by atoms with van der Waals surface area (Å²) in [6.07, 6.45) is 8.34. The maximum atomic E-state index is 12.3. The third-order valence-corrected chi connectivity index (χ3v) is 5.46. The molecule has 1 aromatic heterocycles. The lowest BCUT2D eigenvalue weighted by Crippen LogP contribution is -2.16. The minimum Gasteiger partial charge on any atom is -0.304 e. The third-order valence-electron chi connectivity index (χ3n) is 4.01. The number of rotatable bonds is 4.